The summed E-state index contributed by atoms with van der Waals surface area (Å²) >= 11 is 0. The summed E-state index contributed by atoms with van der Waals surface area (Å²) in [7, 11) is -3.77. The van der Waals surface area contributed by atoms with Gasteiger partial charge in [-0.15, -0.1) is 0 Å². The van der Waals surface area contributed by atoms with Gasteiger partial charge in [-0.25, -0.2) is 13.1 Å². The molecule has 0 saturated carbocycles. The number of anilines is 1. The molecule has 2 heterocycles. The third-order valence-corrected chi connectivity index (χ3v) is 7.32. The van der Waals surface area contributed by atoms with E-state index in [1.165, 1.54) is 31.2 Å². The Balaban J connectivity index is 1.35. The Kier molecular flexibility index (Phi) is 7.38. The van der Waals surface area contributed by atoms with Crippen molar-refractivity contribution in [2.24, 2.45) is 0 Å². The highest BCUT2D eigenvalue weighted by atomic mass is 32.2. The first kappa shape index (κ1) is 24.0. The number of hydrogen-bond donors (Lipinski definition) is 2. The van der Waals surface area contributed by atoms with Crippen LogP contribution >= 0.6 is 0 Å². The summed E-state index contributed by atoms with van der Waals surface area (Å²) in [6.45, 7) is 3.23. The normalized spacial score (nSPS) is 17.8. The first-order valence-electron chi connectivity index (χ1n) is 11.4. The molecular formula is C24H29N3O6S. The molecule has 2 amide bonds. The zero-order valence-corrected chi connectivity index (χ0v) is 19.9. The number of amides is 2. The van der Waals surface area contributed by atoms with Crippen LogP contribution in [0.25, 0.3) is 0 Å². The molecule has 34 heavy (non-hydrogen) atoms. The second-order valence-electron chi connectivity index (χ2n) is 8.36. The van der Waals surface area contributed by atoms with Gasteiger partial charge in [0.25, 0.3) is 0 Å². The largest absolute Gasteiger partial charge is 0.490 e. The Morgan fingerprint density at radius 2 is 1.76 bits per heavy atom. The summed E-state index contributed by atoms with van der Waals surface area (Å²) in [6.07, 6.45) is 2.62. The summed E-state index contributed by atoms with van der Waals surface area (Å²) < 4.78 is 39.1. The number of carbonyl (C=O) groups is 2. The van der Waals surface area contributed by atoms with Crippen molar-refractivity contribution in [2.75, 3.05) is 31.6 Å². The summed E-state index contributed by atoms with van der Waals surface area (Å²) in [5.74, 6) is 1.08. The van der Waals surface area contributed by atoms with Gasteiger partial charge in [0.1, 0.15) is 0 Å². The van der Waals surface area contributed by atoms with Gasteiger partial charge in [0.05, 0.1) is 24.2 Å². The number of fused-ring (bicyclic) bond motifs is 1. The van der Waals surface area contributed by atoms with Gasteiger partial charge in [0.2, 0.25) is 21.8 Å². The van der Waals surface area contributed by atoms with Crippen LogP contribution in [0.5, 0.6) is 11.5 Å². The van der Waals surface area contributed by atoms with Crippen LogP contribution < -0.4 is 19.5 Å². The van der Waals surface area contributed by atoms with Crippen LogP contribution in [0.4, 0.5) is 5.69 Å². The van der Waals surface area contributed by atoms with Crippen LogP contribution in [-0.2, 0) is 19.6 Å². The van der Waals surface area contributed by atoms with Crippen molar-refractivity contribution in [1.29, 1.82) is 0 Å². The lowest BCUT2D eigenvalue weighted by atomic mass is 10.0. The molecular weight excluding hydrogens is 458 g/mol. The highest BCUT2D eigenvalue weighted by molar-refractivity contribution is 7.89. The average Bonchev–Trinajstić information content (AvgIpc) is 3.18. The van der Waals surface area contributed by atoms with Crippen molar-refractivity contribution < 1.29 is 27.5 Å². The Labute approximate surface area is 199 Å². The lowest BCUT2D eigenvalue weighted by Crippen LogP contribution is -2.34. The predicted octanol–water partition coefficient (Wildman–Crippen LogP) is 2.84. The van der Waals surface area contributed by atoms with E-state index >= 15 is 0 Å². The highest BCUT2D eigenvalue weighted by Crippen LogP contribution is 2.38. The van der Waals surface area contributed by atoms with E-state index in [1.54, 1.807) is 0 Å². The lowest BCUT2D eigenvalue weighted by Gasteiger charge is -2.26. The molecule has 0 aliphatic carbocycles. The van der Waals surface area contributed by atoms with Crippen molar-refractivity contribution >= 4 is 27.5 Å². The monoisotopic (exact) mass is 487 g/mol. The molecule has 0 bridgehead atoms. The van der Waals surface area contributed by atoms with Gasteiger partial charge in [0, 0.05) is 38.5 Å². The topological polar surface area (TPSA) is 114 Å². The predicted molar refractivity (Wildman–Crippen MR) is 126 cm³/mol. The molecule has 1 saturated heterocycles. The van der Waals surface area contributed by atoms with Crippen LogP contribution in [0.2, 0.25) is 0 Å². The van der Waals surface area contributed by atoms with Crippen LogP contribution in [0.1, 0.15) is 44.2 Å². The molecule has 9 nitrogen and oxygen atoms in total. The quantitative estimate of drug-likeness (QED) is 0.621. The number of nitrogens with zero attached hydrogens (tertiary/aromatic N) is 1. The molecule has 2 aromatic carbocycles. The Morgan fingerprint density at radius 1 is 1.03 bits per heavy atom. The van der Waals surface area contributed by atoms with E-state index in [9.17, 15) is 18.0 Å². The molecule has 4 rings (SSSR count). The molecule has 182 valence electrons. The minimum Gasteiger partial charge on any atom is -0.490 e. The van der Waals surface area contributed by atoms with E-state index in [4.69, 9.17) is 9.47 Å². The summed E-state index contributed by atoms with van der Waals surface area (Å²) in [5.41, 5.74) is 1.51. The molecule has 2 aliphatic rings. The van der Waals surface area contributed by atoms with Crippen LogP contribution in [-0.4, -0.2) is 51.4 Å². The van der Waals surface area contributed by atoms with Gasteiger partial charge >= 0.3 is 0 Å². The van der Waals surface area contributed by atoms with E-state index < -0.39 is 10.0 Å². The molecule has 10 heteroatoms. The second-order valence-corrected chi connectivity index (χ2v) is 10.1. The molecule has 2 aromatic rings. The Hall–Kier alpha value is -3.11. The highest BCUT2D eigenvalue weighted by Gasteiger charge is 2.30. The van der Waals surface area contributed by atoms with Gasteiger partial charge in [-0.1, -0.05) is 6.07 Å². The number of carbonyl (C=O) groups excluding carboxylic acids is 2. The van der Waals surface area contributed by atoms with Crippen molar-refractivity contribution in [3.05, 3.63) is 48.0 Å². The molecule has 0 radical (unpaired) electrons. The number of hydrogen-bond acceptors (Lipinski definition) is 6. The number of nitrogens with one attached hydrogen (secondary N) is 2. The fraction of sp³-hybridized carbons (Fsp3) is 0.417. The zero-order valence-electron chi connectivity index (χ0n) is 19.1. The van der Waals surface area contributed by atoms with Gasteiger partial charge in [-0.3, -0.25) is 9.59 Å². The minimum atomic E-state index is -3.77. The minimum absolute atomic E-state index is 0.00102. The maximum atomic E-state index is 12.9. The maximum absolute atomic E-state index is 12.9. The van der Waals surface area contributed by atoms with E-state index in [1.807, 2.05) is 23.1 Å². The fourth-order valence-electron chi connectivity index (χ4n) is 4.24. The number of benzene rings is 2. The summed E-state index contributed by atoms with van der Waals surface area (Å²) in [6, 6.07) is 11.6. The van der Waals surface area contributed by atoms with E-state index in [0.717, 1.165) is 30.6 Å². The van der Waals surface area contributed by atoms with E-state index in [2.05, 4.69) is 10.0 Å². The molecule has 2 N–H and O–H groups in total. The molecule has 2 aliphatic heterocycles. The van der Waals surface area contributed by atoms with Gasteiger partial charge in [-0.05, 0) is 54.8 Å². The molecule has 0 spiro atoms. The zero-order chi connectivity index (χ0) is 24.1. The van der Waals surface area contributed by atoms with Crippen molar-refractivity contribution in [2.45, 2.75) is 43.5 Å². The fourth-order valence-corrected chi connectivity index (χ4v) is 5.27. The standard InChI is InChI=1S/C24H29N3O6S/c1-17(28)26-19-6-8-20(9-7-19)34(30,31)25-12-11-24(29)27-13-2-4-21(27)18-5-10-22-23(16-18)33-15-3-14-32-22/h5-10,16,21,25H,2-4,11-15H2,1H3,(H,26,28)/t21-/m1/s1. The number of ether oxygens (including phenoxy) is 2. The SMILES string of the molecule is CC(=O)Nc1ccc(S(=O)(=O)NCCC(=O)N2CCC[C@@H]2c2ccc3c(c2)OCCCO3)cc1. The van der Waals surface area contributed by atoms with E-state index in [0.29, 0.717) is 31.2 Å². The van der Waals surface area contributed by atoms with Crippen LogP contribution in [0, 0.1) is 0 Å². The van der Waals surface area contributed by atoms with Crippen LogP contribution in [0.3, 0.4) is 0 Å². The number of likely N-dealkylation sites (tertiary alicyclic amines) is 1. The third-order valence-electron chi connectivity index (χ3n) is 5.85. The molecule has 0 aromatic heterocycles. The number of rotatable bonds is 7. The van der Waals surface area contributed by atoms with Crippen LogP contribution in [0.15, 0.2) is 47.4 Å². The van der Waals surface area contributed by atoms with Crippen molar-refractivity contribution in [3.8, 4) is 11.5 Å². The maximum Gasteiger partial charge on any atom is 0.240 e. The van der Waals surface area contributed by atoms with Crippen molar-refractivity contribution in [3.63, 3.8) is 0 Å². The van der Waals surface area contributed by atoms with Gasteiger partial charge in [0.15, 0.2) is 11.5 Å². The molecule has 1 atom stereocenters. The lowest BCUT2D eigenvalue weighted by molar-refractivity contribution is -0.132. The second kappa shape index (κ2) is 10.4. The third kappa shape index (κ3) is 5.68. The first-order valence-corrected chi connectivity index (χ1v) is 12.9. The van der Waals surface area contributed by atoms with Crippen molar-refractivity contribution in [1.82, 2.24) is 9.62 Å². The Bertz CT molecular complexity index is 1150. The average molecular weight is 488 g/mol. The van der Waals surface area contributed by atoms with Gasteiger partial charge < -0.3 is 19.7 Å². The van der Waals surface area contributed by atoms with E-state index in [-0.39, 0.29) is 35.7 Å². The molecule has 1 fully saturated rings. The van der Waals surface area contributed by atoms with Gasteiger partial charge in [-0.2, -0.15) is 0 Å². The summed E-state index contributed by atoms with van der Waals surface area (Å²) in [4.78, 5) is 25.9. The molecule has 0 unspecified atom stereocenters. The summed E-state index contributed by atoms with van der Waals surface area (Å²) in [5, 5.41) is 2.59. The first-order chi connectivity index (χ1) is 16.3. The smallest absolute Gasteiger partial charge is 0.240 e. The number of sulfonamides is 1. The Morgan fingerprint density at radius 3 is 2.50 bits per heavy atom.